The van der Waals surface area contributed by atoms with Crippen LogP contribution in [0.15, 0.2) is 29.4 Å². The average molecular weight is 243 g/mol. The molecule has 0 N–H and O–H groups in total. The number of thiol groups is 1. The van der Waals surface area contributed by atoms with Crippen molar-refractivity contribution >= 4 is 36.5 Å². The molecule has 0 fully saturated rings. The van der Waals surface area contributed by atoms with Crippen LogP contribution in [0.1, 0.15) is 11.1 Å². The fraction of sp³-hybridized carbons (Fsp3) is 0.200. The fourth-order valence-electron chi connectivity index (χ4n) is 1.45. The molecule has 1 aromatic rings. The molecule has 15 heavy (non-hydrogen) atoms. The van der Waals surface area contributed by atoms with Crippen LogP contribution in [-0.2, 0) is 6.42 Å². The number of amides is 1. The number of fused-ring (bicyclic) bond motifs is 1. The summed E-state index contributed by atoms with van der Waals surface area (Å²) in [6.45, 7) is 0.593. The van der Waals surface area contributed by atoms with E-state index in [0.717, 1.165) is 12.0 Å². The van der Waals surface area contributed by atoms with Gasteiger partial charge in [-0.2, -0.15) is 5.10 Å². The number of nitrogens with zero attached hydrogens (tertiary/aromatic N) is 2. The van der Waals surface area contributed by atoms with E-state index in [0.29, 0.717) is 6.54 Å². The minimum absolute atomic E-state index is 0. The normalized spacial score (nSPS) is 13.8. The molecule has 1 aromatic carbocycles. The van der Waals surface area contributed by atoms with Crippen molar-refractivity contribution in [2.75, 3.05) is 6.54 Å². The highest BCUT2D eigenvalue weighted by Gasteiger charge is 2.12. The van der Waals surface area contributed by atoms with Crippen molar-refractivity contribution in [3.8, 4) is 0 Å². The summed E-state index contributed by atoms with van der Waals surface area (Å²) in [6, 6.07) is 7.99. The minimum atomic E-state index is -0.311. The lowest BCUT2D eigenvalue weighted by Gasteiger charge is -2.10. The molecule has 1 aliphatic heterocycles. The molecule has 0 saturated heterocycles. The molecular weight excluding hydrogens is 232 g/mol. The van der Waals surface area contributed by atoms with Crippen molar-refractivity contribution in [2.24, 2.45) is 5.10 Å². The molecule has 0 atom stereocenters. The van der Waals surface area contributed by atoms with Crippen LogP contribution in [0, 0.1) is 0 Å². The molecule has 1 aliphatic rings. The number of carbonyl (C=O) groups is 1. The van der Waals surface area contributed by atoms with Crippen LogP contribution >= 0.6 is 25.0 Å². The predicted octanol–water partition coefficient (Wildman–Crippen LogP) is 2.35. The Morgan fingerprint density at radius 1 is 1.40 bits per heavy atom. The van der Waals surface area contributed by atoms with Crippen molar-refractivity contribution < 1.29 is 4.79 Å². The van der Waals surface area contributed by atoms with Crippen LogP contribution in [0.4, 0.5) is 4.79 Å². The Hall–Kier alpha value is -1.00. The van der Waals surface area contributed by atoms with Gasteiger partial charge in [0.2, 0.25) is 0 Å². The van der Waals surface area contributed by atoms with E-state index >= 15 is 0 Å². The molecule has 0 radical (unpaired) electrons. The van der Waals surface area contributed by atoms with Gasteiger partial charge in [-0.3, -0.25) is 4.79 Å². The summed E-state index contributed by atoms with van der Waals surface area (Å²) in [7, 11) is 0. The topological polar surface area (TPSA) is 32.7 Å². The highest BCUT2D eigenvalue weighted by Crippen LogP contribution is 2.12. The van der Waals surface area contributed by atoms with Gasteiger partial charge in [-0.15, -0.1) is 12.4 Å². The van der Waals surface area contributed by atoms with Crippen LogP contribution in [0.25, 0.3) is 0 Å². The number of hydrogen-bond donors (Lipinski definition) is 1. The maximum atomic E-state index is 11.0. The summed E-state index contributed by atoms with van der Waals surface area (Å²) in [6.07, 6.45) is 2.53. The number of hydrazone groups is 1. The highest BCUT2D eigenvalue weighted by atomic mass is 35.5. The van der Waals surface area contributed by atoms with E-state index in [4.69, 9.17) is 0 Å². The molecule has 0 aromatic heterocycles. The van der Waals surface area contributed by atoms with Gasteiger partial charge in [0.15, 0.2) is 0 Å². The molecule has 5 heteroatoms. The molecule has 80 valence electrons. The Labute approximate surface area is 100.0 Å². The maximum absolute atomic E-state index is 11.0. The van der Waals surface area contributed by atoms with Crippen molar-refractivity contribution in [1.29, 1.82) is 0 Å². The predicted molar refractivity (Wildman–Crippen MR) is 66.1 cm³/mol. The zero-order valence-corrected chi connectivity index (χ0v) is 9.67. The Morgan fingerprint density at radius 3 is 2.87 bits per heavy atom. The van der Waals surface area contributed by atoms with Crippen molar-refractivity contribution in [2.45, 2.75) is 6.42 Å². The van der Waals surface area contributed by atoms with Crippen LogP contribution in [0.3, 0.4) is 0 Å². The second-order valence-corrected chi connectivity index (χ2v) is 3.48. The molecule has 0 unspecified atom stereocenters. The molecule has 3 nitrogen and oxygen atoms in total. The Kier molecular flexibility index (Phi) is 4.17. The first kappa shape index (κ1) is 12.1. The van der Waals surface area contributed by atoms with Crippen LogP contribution in [0.5, 0.6) is 0 Å². The highest BCUT2D eigenvalue weighted by molar-refractivity contribution is 7.96. The summed E-state index contributed by atoms with van der Waals surface area (Å²) in [4.78, 5) is 11.0. The smallest absolute Gasteiger partial charge is 0.260 e. The SMILES string of the molecule is Cl.O=C(S)N1CCc2ccccc2C=N1. The summed E-state index contributed by atoms with van der Waals surface area (Å²) >= 11 is 3.74. The first-order chi connectivity index (χ1) is 6.77. The van der Waals surface area contributed by atoms with Gasteiger partial charge in [0.1, 0.15) is 0 Å². The number of halogens is 1. The van der Waals surface area contributed by atoms with Crippen molar-refractivity contribution in [3.63, 3.8) is 0 Å². The van der Waals surface area contributed by atoms with Gasteiger partial charge in [0.05, 0.1) is 6.21 Å². The summed E-state index contributed by atoms with van der Waals surface area (Å²) in [5, 5.41) is 5.10. The maximum Gasteiger partial charge on any atom is 0.298 e. The zero-order valence-electron chi connectivity index (χ0n) is 7.96. The monoisotopic (exact) mass is 242 g/mol. The van der Waals surface area contributed by atoms with Crippen molar-refractivity contribution in [1.82, 2.24) is 5.01 Å². The van der Waals surface area contributed by atoms with E-state index in [-0.39, 0.29) is 17.6 Å². The number of benzene rings is 1. The first-order valence-corrected chi connectivity index (χ1v) is 4.84. The lowest BCUT2D eigenvalue weighted by Crippen LogP contribution is -2.21. The molecule has 1 heterocycles. The van der Waals surface area contributed by atoms with E-state index in [1.165, 1.54) is 10.6 Å². The molecule has 0 aliphatic carbocycles. The zero-order chi connectivity index (χ0) is 9.97. The Morgan fingerprint density at radius 2 is 2.13 bits per heavy atom. The van der Waals surface area contributed by atoms with Gasteiger partial charge in [-0.1, -0.05) is 36.9 Å². The quantitative estimate of drug-likeness (QED) is 0.696. The first-order valence-electron chi connectivity index (χ1n) is 4.40. The van der Waals surface area contributed by atoms with Gasteiger partial charge in [-0.05, 0) is 17.5 Å². The molecule has 0 spiro atoms. The van der Waals surface area contributed by atoms with Gasteiger partial charge in [-0.25, -0.2) is 5.01 Å². The molecule has 0 bridgehead atoms. The van der Waals surface area contributed by atoms with E-state index in [1.807, 2.05) is 24.3 Å². The Bertz CT molecular complexity index is 395. The summed E-state index contributed by atoms with van der Waals surface area (Å²) < 4.78 is 0. The van der Waals surface area contributed by atoms with E-state index in [1.54, 1.807) is 6.21 Å². The molecule has 1 amide bonds. The fourth-order valence-corrected chi connectivity index (χ4v) is 1.60. The van der Waals surface area contributed by atoms with E-state index in [9.17, 15) is 4.79 Å². The minimum Gasteiger partial charge on any atom is -0.260 e. The molecule has 2 rings (SSSR count). The van der Waals surface area contributed by atoms with Gasteiger partial charge in [0.25, 0.3) is 5.24 Å². The largest absolute Gasteiger partial charge is 0.298 e. The van der Waals surface area contributed by atoms with E-state index < -0.39 is 0 Å². The van der Waals surface area contributed by atoms with Gasteiger partial charge >= 0.3 is 0 Å². The second-order valence-electron chi connectivity index (χ2n) is 3.10. The lowest BCUT2D eigenvalue weighted by molar-refractivity contribution is 0.227. The molecular formula is C10H11ClN2OS. The van der Waals surface area contributed by atoms with Gasteiger partial charge in [0, 0.05) is 6.54 Å². The lowest BCUT2D eigenvalue weighted by atomic mass is 10.1. The third kappa shape index (κ3) is 2.73. The van der Waals surface area contributed by atoms with Crippen LogP contribution in [0.2, 0.25) is 0 Å². The van der Waals surface area contributed by atoms with Gasteiger partial charge < -0.3 is 0 Å². The number of hydrogen-bond acceptors (Lipinski definition) is 2. The summed E-state index contributed by atoms with van der Waals surface area (Å²) in [5.74, 6) is 0. The average Bonchev–Trinajstić information content (AvgIpc) is 2.39. The standard InChI is InChI=1S/C10H10N2OS.ClH/c13-10(14)12-6-5-8-3-1-2-4-9(8)7-11-12;/h1-4,7H,5-6H2,(H,13,14);1H. The number of rotatable bonds is 0. The van der Waals surface area contributed by atoms with Crippen molar-refractivity contribution in [3.05, 3.63) is 35.4 Å². The number of carbonyl (C=O) groups excluding carboxylic acids is 1. The third-order valence-electron chi connectivity index (χ3n) is 2.21. The summed E-state index contributed by atoms with van der Waals surface area (Å²) in [5.41, 5.74) is 2.29. The second kappa shape index (κ2) is 5.19. The Balaban J connectivity index is 0.00000112. The third-order valence-corrected chi connectivity index (χ3v) is 2.44. The van der Waals surface area contributed by atoms with Crippen LogP contribution in [-0.4, -0.2) is 23.0 Å². The van der Waals surface area contributed by atoms with E-state index in [2.05, 4.69) is 17.7 Å². The van der Waals surface area contributed by atoms with Crippen LogP contribution < -0.4 is 0 Å². The molecule has 0 saturated carbocycles.